The van der Waals surface area contributed by atoms with Crippen LogP contribution in [0.5, 0.6) is 5.75 Å². The van der Waals surface area contributed by atoms with Crippen LogP contribution in [0, 0.1) is 0 Å². The summed E-state index contributed by atoms with van der Waals surface area (Å²) in [4.78, 5) is 14.0. The van der Waals surface area contributed by atoms with E-state index >= 15 is 0 Å². The normalized spacial score (nSPS) is 18.4. The summed E-state index contributed by atoms with van der Waals surface area (Å²) in [6.07, 6.45) is 0.842. The third-order valence-electron chi connectivity index (χ3n) is 2.90. The second kappa shape index (κ2) is 6.27. The molecule has 0 aromatic heterocycles. The lowest BCUT2D eigenvalue weighted by molar-refractivity contribution is 0.0787. The van der Waals surface area contributed by atoms with E-state index in [0.717, 1.165) is 6.42 Å². The average Bonchev–Trinajstić information content (AvgIpc) is 2.75. The summed E-state index contributed by atoms with van der Waals surface area (Å²) < 4.78 is 5.17. The molecule has 2 N–H and O–H groups in total. The van der Waals surface area contributed by atoms with Gasteiger partial charge >= 0.3 is 0 Å². The zero-order valence-corrected chi connectivity index (χ0v) is 11.6. The molecule has 1 heterocycles. The maximum Gasteiger partial charge on any atom is 0.257 e. The topological polar surface area (TPSA) is 55.6 Å². The van der Waals surface area contributed by atoms with Gasteiger partial charge in [-0.2, -0.15) is 0 Å². The zero-order chi connectivity index (χ0) is 12.4. The first-order chi connectivity index (χ1) is 8.11. The second-order valence-corrected chi connectivity index (χ2v) is 4.58. The Kier molecular flexibility index (Phi) is 5.26. The maximum absolute atomic E-state index is 12.3. The van der Waals surface area contributed by atoms with Crippen molar-refractivity contribution in [2.24, 2.45) is 5.73 Å². The molecule has 1 aliphatic rings. The van der Waals surface area contributed by atoms with E-state index in [2.05, 4.69) is 0 Å². The number of amides is 1. The molecule has 1 amide bonds. The molecule has 4 nitrogen and oxygen atoms in total. The number of methoxy groups -OCH3 is 1. The Bertz CT molecular complexity index is 440. The molecule has 0 saturated carbocycles. The van der Waals surface area contributed by atoms with E-state index in [9.17, 15) is 4.79 Å². The van der Waals surface area contributed by atoms with Crippen LogP contribution < -0.4 is 10.5 Å². The van der Waals surface area contributed by atoms with Crippen molar-refractivity contribution in [3.05, 3.63) is 28.8 Å². The van der Waals surface area contributed by atoms with E-state index in [1.165, 1.54) is 7.11 Å². The summed E-state index contributed by atoms with van der Waals surface area (Å²) in [6.45, 7) is 1.28. The smallest absolute Gasteiger partial charge is 0.257 e. The molecule has 100 valence electrons. The van der Waals surface area contributed by atoms with E-state index in [1.807, 2.05) is 0 Å². The Hall–Kier alpha value is -0.970. The van der Waals surface area contributed by atoms with E-state index < -0.39 is 0 Å². The van der Waals surface area contributed by atoms with Gasteiger partial charge in [-0.05, 0) is 24.6 Å². The molecule has 0 radical (unpaired) electrons. The van der Waals surface area contributed by atoms with Gasteiger partial charge in [0.2, 0.25) is 0 Å². The first-order valence-corrected chi connectivity index (χ1v) is 5.88. The minimum atomic E-state index is -0.0719. The quantitative estimate of drug-likeness (QED) is 0.906. The SMILES string of the molecule is COc1ccc(Cl)cc1C(=O)N1CC[C@@H](N)C1.Cl. The molecule has 1 atom stereocenters. The van der Waals surface area contributed by atoms with E-state index in [4.69, 9.17) is 22.1 Å². The molecule has 0 unspecified atom stereocenters. The van der Waals surface area contributed by atoms with Crippen molar-refractivity contribution < 1.29 is 9.53 Å². The molecule has 1 aliphatic heterocycles. The van der Waals surface area contributed by atoms with Crippen LogP contribution >= 0.6 is 24.0 Å². The largest absolute Gasteiger partial charge is 0.496 e. The maximum atomic E-state index is 12.3. The minimum Gasteiger partial charge on any atom is -0.496 e. The fraction of sp³-hybridized carbons (Fsp3) is 0.417. The monoisotopic (exact) mass is 290 g/mol. The van der Waals surface area contributed by atoms with Gasteiger partial charge in [-0.15, -0.1) is 12.4 Å². The molecule has 18 heavy (non-hydrogen) atoms. The summed E-state index contributed by atoms with van der Waals surface area (Å²) in [5, 5.41) is 0.526. The van der Waals surface area contributed by atoms with Crippen molar-refractivity contribution in [3.63, 3.8) is 0 Å². The van der Waals surface area contributed by atoms with Crippen molar-refractivity contribution in [3.8, 4) is 5.75 Å². The average molecular weight is 291 g/mol. The predicted molar refractivity (Wildman–Crippen MR) is 73.7 cm³/mol. The van der Waals surface area contributed by atoms with Gasteiger partial charge in [0.25, 0.3) is 5.91 Å². The number of nitrogens with two attached hydrogens (primary N) is 1. The first kappa shape index (κ1) is 15.1. The van der Waals surface area contributed by atoms with Crippen molar-refractivity contribution in [2.45, 2.75) is 12.5 Å². The van der Waals surface area contributed by atoms with Gasteiger partial charge in [0.05, 0.1) is 12.7 Å². The highest BCUT2D eigenvalue weighted by Crippen LogP contribution is 2.25. The van der Waals surface area contributed by atoms with Crippen molar-refractivity contribution in [2.75, 3.05) is 20.2 Å². The van der Waals surface area contributed by atoms with Crippen LogP contribution in [0.15, 0.2) is 18.2 Å². The third kappa shape index (κ3) is 3.07. The van der Waals surface area contributed by atoms with Gasteiger partial charge in [0, 0.05) is 24.2 Å². The van der Waals surface area contributed by atoms with Crippen molar-refractivity contribution >= 4 is 29.9 Å². The van der Waals surface area contributed by atoms with Crippen molar-refractivity contribution in [1.82, 2.24) is 4.90 Å². The summed E-state index contributed by atoms with van der Waals surface area (Å²) in [5.41, 5.74) is 6.28. The standard InChI is InChI=1S/C12H15ClN2O2.ClH/c1-17-11-3-2-8(13)6-10(11)12(16)15-5-4-9(14)7-15;/h2-3,6,9H,4-5,7,14H2,1H3;1H/t9-;/m1./s1. The highest BCUT2D eigenvalue weighted by molar-refractivity contribution is 6.31. The fourth-order valence-electron chi connectivity index (χ4n) is 1.99. The van der Waals surface area contributed by atoms with Crippen LogP contribution in [0.2, 0.25) is 5.02 Å². The number of rotatable bonds is 2. The summed E-state index contributed by atoms with van der Waals surface area (Å²) in [5.74, 6) is 0.470. The molecule has 0 spiro atoms. The van der Waals surface area contributed by atoms with E-state index in [1.54, 1.807) is 23.1 Å². The molecule has 6 heteroatoms. The summed E-state index contributed by atoms with van der Waals surface area (Å²) >= 11 is 5.90. The lowest BCUT2D eigenvalue weighted by atomic mass is 10.1. The van der Waals surface area contributed by atoms with Gasteiger partial charge in [0.1, 0.15) is 5.75 Å². The highest BCUT2D eigenvalue weighted by atomic mass is 35.5. The Morgan fingerprint density at radius 2 is 2.28 bits per heavy atom. The molecule has 0 bridgehead atoms. The summed E-state index contributed by atoms with van der Waals surface area (Å²) in [6, 6.07) is 5.11. The van der Waals surface area contributed by atoms with E-state index in [0.29, 0.717) is 29.4 Å². The first-order valence-electron chi connectivity index (χ1n) is 5.50. The number of nitrogens with zero attached hydrogens (tertiary/aromatic N) is 1. The van der Waals surface area contributed by atoms with Crippen LogP contribution in [0.3, 0.4) is 0 Å². The van der Waals surface area contributed by atoms with Crippen LogP contribution in [0.25, 0.3) is 0 Å². The van der Waals surface area contributed by atoms with Gasteiger partial charge in [0.15, 0.2) is 0 Å². The predicted octanol–water partition coefficient (Wildman–Crippen LogP) is 1.94. The number of halogens is 2. The van der Waals surface area contributed by atoms with Crippen LogP contribution in [-0.2, 0) is 0 Å². The summed E-state index contributed by atoms with van der Waals surface area (Å²) in [7, 11) is 1.54. The Balaban J connectivity index is 0.00000162. The van der Waals surface area contributed by atoms with Crippen LogP contribution in [0.4, 0.5) is 0 Å². The molecule has 1 fully saturated rings. The number of hydrogen-bond donors (Lipinski definition) is 1. The molecule has 0 aliphatic carbocycles. The van der Waals surface area contributed by atoms with Crippen molar-refractivity contribution in [1.29, 1.82) is 0 Å². The molecule has 1 saturated heterocycles. The lowest BCUT2D eigenvalue weighted by Crippen LogP contribution is -2.32. The third-order valence-corrected chi connectivity index (χ3v) is 3.14. The van der Waals surface area contributed by atoms with Gasteiger partial charge in [-0.1, -0.05) is 11.6 Å². The Labute approximate surface area is 117 Å². The number of ether oxygens (including phenoxy) is 1. The number of likely N-dealkylation sites (tertiary alicyclic amines) is 1. The minimum absolute atomic E-state index is 0. The molecular formula is C12H16Cl2N2O2. The van der Waals surface area contributed by atoms with E-state index in [-0.39, 0.29) is 24.4 Å². The molecular weight excluding hydrogens is 275 g/mol. The molecule has 2 rings (SSSR count). The Morgan fingerprint density at radius 1 is 1.56 bits per heavy atom. The molecule has 1 aromatic rings. The molecule has 1 aromatic carbocycles. The zero-order valence-electron chi connectivity index (χ0n) is 10.1. The number of carbonyl (C=O) groups is 1. The lowest BCUT2D eigenvalue weighted by Gasteiger charge is -2.17. The van der Waals surface area contributed by atoms with Crippen LogP contribution in [-0.4, -0.2) is 37.0 Å². The van der Waals surface area contributed by atoms with Gasteiger partial charge < -0.3 is 15.4 Å². The second-order valence-electron chi connectivity index (χ2n) is 4.14. The van der Waals surface area contributed by atoms with Crippen LogP contribution in [0.1, 0.15) is 16.8 Å². The fourth-order valence-corrected chi connectivity index (χ4v) is 2.16. The number of hydrogen-bond acceptors (Lipinski definition) is 3. The number of benzene rings is 1. The highest BCUT2D eigenvalue weighted by Gasteiger charge is 2.26. The van der Waals surface area contributed by atoms with Gasteiger partial charge in [-0.25, -0.2) is 0 Å². The van der Waals surface area contributed by atoms with Gasteiger partial charge in [-0.3, -0.25) is 4.79 Å². The number of carbonyl (C=O) groups excluding carboxylic acids is 1. The Morgan fingerprint density at radius 3 is 2.83 bits per heavy atom.